The lowest BCUT2D eigenvalue weighted by molar-refractivity contribution is -0.137. The van der Waals surface area contributed by atoms with Crippen molar-refractivity contribution < 1.29 is 22.8 Å². The fraction of sp³-hybridized carbons (Fsp3) is 0.167. The molecule has 4 rings (SSSR count). The quantitative estimate of drug-likeness (QED) is 0.607. The summed E-state index contributed by atoms with van der Waals surface area (Å²) in [5.41, 5.74) is 2.60. The van der Waals surface area contributed by atoms with Crippen molar-refractivity contribution in [3.05, 3.63) is 95.1 Å². The fourth-order valence-corrected chi connectivity index (χ4v) is 3.59. The fourth-order valence-electron chi connectivity index (χ4n) is 3.59. The second kappa shape index (κ2) is 8.26. The van der Waals surface area contributed by atoms with Crippen molar-refractivity contribution in [3.8, 4) is 0 Å². The van der Waals surface area contributed by atoms with Crippen molar-refractivity contribution in [3.63, 3.8) is 0 Å². The number of aryl methyl sites for hydroxylation is 1. The molecular formula is C24H19F3N2O2. The molecule has 0 radical (unpaired) electrons. The Morgan fingerprint density at radius 1 is 0.935 bits per heavy atom. The van der Waals surface area contributed by atoms with Crippen LogP contribution in [0.4, 0.5) is 24.5 Å². The van der Waals surface area contributed by atoms with Crippen molar-refractivity contribution in [1.29, 1.82) is 0 Å². The molecule has 0 spiro atoms. The number of carbonyl (C=O) groups excluding carboxylic acids is 2. The van der Waals surface area contributed by atoms with Crippen LogP contribution in [0.15, 0.2) is 72.8 Å². The van der Waals surface area contributed by atoms with Crippen LogP contribution in [0.1, 0.15) is 33.5 Å². The Bertz CT molecular complexity index is 1110. The van der Waals surface area contributed by atoms with Crippen molar-refractivity contribution in [2.45, 2.75) is 25.6 Å². The molecule has 0 unspecified atom stereocenters. The third-order valence-electron chi connectivity index (χ3n) is 5.20. The molecule has 1 aliphatic rings. The first-order valence-electron chi connectivity index (χ1n) is 9.77. The Kier molecular flexibility index (Phi) is 5.50. The maximum Gasteiger partial charge on any atom is 0.416 e. The summed E-state index contributed by atoms with van der Waals surface area (Å²) < 4.78 is 38.1. The minimum Gasteiger partial charge on any atom is -0.322 e. The van der Waals surface area contributed by atoms with E-state index in [1.807, 2.05) is 36.4 Å². The number of nitrogens with zero attached hydrogens (tertiary/aromatic N) is 1. The molecule has 0 aliphatic carbocycles. The van der Waals surface area contributed by atoms with Crippen LogP contribution in [0.5, 0.6) is 0 Å². The highest BCUT2D eigenvalue weighted by molar-refractivity contribution is 6.04. The highest BCUT2D eigenvalue weighted by atomic mass is 19.4. The van der Waals surface area contributed by atoms with E-state index in [1.54, 1.807) is 17.0 Å². The second-order valence-electron chi connectivity index (χ2n) is 7.34. The zero-order chi connectivity index (χ0) is 22.0. The Balaban J connectivity index is 1.51. The highest BCUT2D eigenvalue weighted by Gasteiger charge is 2.30. The topological polar surface area (TPSA) is 49.4 Å². The molecule has 7 heteroatoms. The number of hydrogen-bond acceptors (Lipinski definition) is 2. The normalized spacial score (nSPS) is 13.6. The Hall–Kier alpha value is -3.61. The molecule has 158 valence electrons. The molecule has 1 N–H and O–H groups in total. The largest absolute Gasteiger partial charge is 0.416 e. The van der Waals surface area contributed by atoms with Crippen LogP contribution >= 0.6 is 0 Å². The standard InChI is InChI=1S/C24H19F3N2O2/c25-24(26,27)19-9-6-17(7-10-19)23(31)28-20-11-12-21-18(14-20)8-13-22(30)29(21)15-16-4-2-1-3-5-16/h1-7,9-12,14H,8,13,15H2,(H,28,31). The molecule has 0 saturated carbocycles. The van der Waals surface area contributed by atoms with Crippen LogP contribution in [0.25, 0.3) is 0 Å². The van der Waals surface area contributed by atoms with Crippen LogP contribution < -0.4 is 10.2 Å². The van der Waals surface area contributed by atoms with Gasteiger partial charge in [-0.25, -0.2) is 0 Å². The molecule has 0 atom stereocenters. The lowest BCUT2D eigenvalue weighted by Gasteiger charge is -2.30. The van der Waals surface area contributed by atoms with E-state index >= 15 is 0 Å². The maximum atomic E-state index is 12.7. The van der Waals surface area contributed by atoms with Crippen molar-refractivity contribution in [2.75, 3.05) is 10.2 Å². The van der Waals surface area contributed by atoms with Gasteiger partial charge in [-0.05, 0) is 60.0 Å². The van der Waals surface area contributed by atoms with Crippen LogP contribution in [-0.2, 0) is 23.9 Å². The number of benzene rings is 3. The van der Waals surface area contributed by atoms with E-state index < -0.39 is 17.6 Å². The van der Waals surface area contributed by atoms with Gasteiger partial charge in [0.2, 0.25) is 5.91 Å². The van der Waals surface area contributed by atoms with Crippen molar-refractivity contribution in [1.82, 2.24) is 0 Å². The van der Waals surface area contributed by atoms with Gasteiger partial charge in [-0.3, -0.25) is 9.59 Å². The van der Waals surface area contributed by atoms with E-state index in [0.29, 0.717) is 25.1 Å². The first kappa shape index (κ1) is 20.7. The third kappa shape index (κ3) is 4.60. The number of nitrogens with one attached hydrogen (secondary N) is 1. The number of rotatable bonds is 4. The van der Waals surface area contributed by atoms with E-state index in [1.165, 1.54) is 0 Å². The first-order chi connectivity index (χ1) is 14.8. The van der Waals surface area contributed by atoms with Crippen LogP contribution in [0.3, 0.4) is 0 Å². The van der Waals surface area contributed by atoms with Crippen molar-refractivity contribution >= 4 is 23.2 Å². The summed E-state index contributed by atoms with van der Waals surface area (Å²) in [7, 11) is 0. The minimum atomic E-state index is -4.45. The minimum absolute atomic E-state index is 0.0397. The summed E-state index contributed by atoms with van der Waals surface area (Å²) >= 11 is 0. The molecular weight excluding hydrogens is 405 g/mol. The predicted octanol–water partition coefficient (Wildman–Crippen LogP) is 5.44. The van der Waals surface area contributed by atoms with Gasteiger partial charge in [0.1, 0.15) is 0 Å². The Morgan fingerprint density at radius 3 is 2.32 bits per heavy atom. The van der Waals surface area contributed by atoms with Crippen molar-refractivity contribution in [2.24, 2.45) is 0 Å². The molecule has 3 aromatic rings. The molecule has 1 heterocycles. The van der Waals surface area contributed by atoms with Gasteiger partial charge >= 0.3 is 6.18 Å². The molecule has 0 saturated heterocycles. The summed E-state index contributed by atoms with van der Waals surface area (Å²) in [6, 6.07) is 19.0. The molecule has 3 aromatic carbocycles. The number of amides is 2. The molecule has 2 amide bonds. The number of fused-ring (bicyclic) bond motifs is 1. The number of alkyl halides is 3. The van der Waals surface area contributed by atoms with Gasteiger partial charge in [0.15, 0.2) is 0 Å². The zero-order valence-electron chi connectivity index (χ0n) is 16.4. The lowest BCUT2D eigenvalue weighted by Crippen LogP contribution is -2.34. The Morgan fingerprint density at radius 2 is 1.65 bits per heavy atom. The third-order valence-corrected chi connectivity index (χ3v) is 5.20. The van der Waals surface area contributed by atoms with E-state index in [0.717, 1.165) is 41.1 Å². The maximum absolute atomic E-state index is 12.7. The first-order valence-corrected chi connectivity index (χ1v) is 9.77. The zero-order valence-corrected chi connectivity index (χ0v) is 16.4. The number of anilines is 2. The SMILES string of the molecule is O=C(Nc1ccc2c(c1)CCC(=O)N2Cc1ccccc1)c1ccc(C(F)(F)F)cc1. The van der Waals surface area contributed by atoms with Gasteiger partial charge in [0.05, 0.1) is 12.1 Å². The predicted molar refractivity (Wildman–Crippen MR) is 112 cm³/mol. The van der Waals surface area contributed by atoms with Crippen LogP contribution in [0, 0.1) is 0 Å². The molecule has 1 aliphatic heterocycles. The number of hydrogen-bond donors (Lipinski definition) is 1. The summed E-state index contributed by atoms with van der Waals surface area (Å²) in [6.07, 6.45) is -3.52. The summed E-state index contributed by atoms with van der Waals surface area (Å²) in [5, 5.41) is 2.72. The smallest absolute Gasteiger partial charge is 0.322 e. The van der Waals surface area contributed by atoms with E-state index in [-0.39, 0.29) is 11.5 Å². The lowest BCUT2D eigenvalue weighted by atomic mass is 9.99. The number of carbonyl (C=O) groups is 2. The van der Waals surface area contributed by atoms with Crippen LogP contribution in [0.2, 0.25) is 0 Å². The molecule has 0 aromatic heterocycles. The van der Waals surface area contributed by atoms with Gasteiger partial charge in [-0.15, -0.1) is 0 Å². The molecule has 0 bridgehead atoms. The molecule has 31 heavy (non-hydrogen) atoms. The van der Waals surface area contributed by atoms with E-state index in [9.17, 15) is 22.8 Å². The molecule has 4 nitrogen and oxygen atoms in total. The van der Waals surface area contributed by atoms with Gasteiger partial charge in [-0.2, -0.15) is 13.2 Å². The van der Waals surface area contributed by atoms with Gasteiger partial charge < -0.3 is 10.2 Å². The second-order valence-corrected chi connectivity index (χ2v) is 7.34. The van der Waals surface area contributed by atoms with E-state index in [4.69, 9.17) is 0 Å². The summed E-state index contributed by atoms with van der Waals surface area (Å²) in [5.74, 6) is -0.459. The van der Waals surface area contributed by atoms with Gasteiger partial charge in [-0.1, -0.05) is 30.3 Å². The van der Waals surface area contributed by atoms with Gasteiger partial charge in [0, 0.05) is 23.4 Å². The Labute approximate surface area is 177 Å². The average molecular weight is 424 g/mol. The highest BCUT2D eigenvalue weighted by Crippen LogP contribution is 2.32. The van der Waals surface area contributed by atoms with Gasteiger partial charge in [0.25, 0.3) is 5.91 Å². The monoisotopic (exact) mass is 424 g/mol. The average Bonchev–Trinajstić information content (AvgIpc) is 2.76. The van der Waals surface area contributed by atoms with E-state index in [2.05, 4.69) is 5.32 Å². The summed E-state index contributed by atoms with van der Waals surface area (Å²) in [4.78, 5) is 26.7. The molecule has 0 fully saturated rings. The number of halogens is 3. The summed E-state index contributed by atoms with van der Waals surface area (Å²) in [6.45, 7) is 0.462. The van der Waals surface area contributed by atoms with Crippen LogP contribution in [-0.4, -0.2) is 11.8 Å².